The molecule has 18 heavy (non-hydrogen) atoms. The summed E-state index contributed by atoms with van der Waals surface area (Å²) in [5.74, 6) is 0. The summed E-state index contributed by atoms with van der Waals surface area (Å²) in [4.78, 5) is 0. The zero-order valence-corrected chi connectivity index (χ0v) is 12.4. The minimum absolute atomic E-state index is 0.216. The van der Waals surface area contributed by atoms with E-state index in [0.29, 0.717) is 0 Å². The molecule has 0 atom stereocenters. The molecule has 2 nitrogen and oxygen atoms in total. The Labute approximate surface area is 116 Å². The van der Waals surface area contributed by atoms with Crippen molar-refractivity contribution in [1.82, 2.24) is 4.57 Å². The van der Waals surface area contributed by atoms with Crippen molar-refractivity contribution in [2.75, 3.05) is 0 Å². The van der Waals surface area contributed by atoms with Crippen molar-refractivity contribution in [3.8, 4) is 6.07 Å². The molecule has 0 bridgehead atoms. The standard InChI is InChI=1S/C15H17BrN2/c1-15(2,11-17)7-3-8-18-9-6-12-10-13(16)4-5-14(12)18/h4-6,9-10H,3,7-8H2,1-2H3. The van der Waals surface area contributed by atoms with Crippen molar-refractivity contribution in [3.05, 3.63) is 34.9 Å². The van der Waals surface area contributed by atoms with E-state index < -0.39 is 0 Å². The molecule has 0 saturated carbocycles. The van der Waals surface area contributed by atoms with E-state index >= 15 is 0 Å². The maximum Gasteiger partial charge on any atom is 0.0683 e. The van der Waals surface area contributed by atoms with Gasteiger partial charge in [-0.1, -0.05) is 15.9 Å². The first-order valence-corrected chi connectivity index (χ1v) is 6.97. The first-order chi connectivity index (χ1) is 8.52. The molecular weight excluding hydrogens is 288 g/mol. The van der Waals surface area contributed by atoms with E-state index in [1.807, 2.05) is 13.8 Å². The van der Waals surface area contributed by atoms with Crippen LogP contribution in [0.3, 0.4) is 0 Å². The number of rotatable bonds is 4. The average molecular weight is 305 g/mol. The van der Waals surface area contributed by atoms with Crippen LogP contribution in [-0.2, 0) is 6.54 Å². The van der Waals surface area contributed by atoms with Crippen LogP contribution in [-0.4, -0.2) is 4.57 Å². The second-order valence-electron chi connectivity index (χ2n) is 5.31. The van der Waals surface area contributed by atoms with Gasteiger partial charge in [-0.25, -0.2) is 0 Å². The summed E-state index contributed by atoms with van der Waals surface area (Å²) in [6.45, 7) is 4.96. The van der Waals surface area contributed by atoms with Crippen molar-refractivity contribution in [2.45, 2.75) is 33.2 Å². The molecule has 0 radical (unpaired) electrons. The molecule has 0 aliphatic heterocycles. The van der Waals surface area contributed by atoms with Gasteiger partial charge in [-0.15, -0.1) is 0 Å². The number of aromatic nitrogens is 1. The third-order valence-electron chi connectivity index (χ3n) is 3.24. The van der Waals surface area contributed by atoms with Crippen LogP contribution in [0, 0.1) is 16.7 Å². The summed E-state index contributed by atoms with van der Waals surface area (Å²) < 4.78 is 3.37. The van der Waals surface area contributed by atoms with E-state index in [1.54, 1.807) is 0 Å². The molecule has 0 amide bonds. The summed E-state index contributed by atoms with van der Waals surface area (Å²) in [6.07, 6.45) is 4.08. The molecule has 94 valence electrons. The molecule has 2 aromatic rings. The van der Waals surface area contributed by atoms with Gasteiger partial charge in [-0.3, -0.25) is 0 Å². The lowest BCUT2D eigenvalue weighted by Gasteiger charge is -2.15. The summed E-state index contributed by atoms with van der Waals surface area (Å²) >= 11 is 3.48. The molecule has 3 heteroatoms. The SMILES string of the molecule is CC(C)(C#N)CCCn1ccc2cc(Br)ccc21. The van der Waals surface area contributed by atoms with Gasteiger partial charge in [-0.05, 0) is 51.0 Å². The smallest absolute Gasteiger partial charge is 0.0683 e. The van der Waals surface area contributed by atoms with Crippen LogP contribution in [0.5, 0.6) is 0 Å². The van der Waals surface area contributed by atoms with E-state index in [1.165, 1.54) is 10.9 Å². The second kappa shape index (κ2) is 5.16. The molecule has 2 rings (SSSR count). The zero-order valence-electron chi connectivity index (χ0n) is 10.8. The Morgan fingerprint density at radius 1 is 1.33 bits per heavy atom. The molecule has 0 saturated heterocycles. The topological polar surface area (TPSA) is 28.7 Å². The van der Waals surface area contributed by atoms with E-state index in [2.05, 4.69) is 57.0 Å². The van der Waals surface area contributed by atoms with Crippen molar-refractivity contribution < 1.29 is 0 Å². The maximum atomic E-state index is 8.99. The monoisotopic (exact) mass is 304 g/mol. The fourth-order valence-electron chi connectivity index (χ4n) is 2.11. The van der Waals surface area contributed by atoms with Crippen LogP contribution in [0.1, 0.15) is 26.7 Å². The van der Waals surface area contributed by atoms with Gasteiger partial charge in [0.1, 0.15) is 0 Å². The number of aryl methyl sites for hydroxylation is 1. The predicted molar refractivity (Wildman–Crippen MR) is 78.3 cm³/mol. The molecule has 0 aliphatic rings. The van der Waals surface area contributed by atoms with E-state index in [0.717, 1.165) is 23.9 Å². The fraction of sp³-hybridized carbons (Fsp3) is 0.400. The summed E-state index contributed by atoms with van der Waals surface area (Å²) in [7, 11) is 0. The van der Waals surface area contributed by atoms with Crippen molar-refractivity contribution >= 4 is 26.8 Å². The van der Waals surface area contributed by atoms with E-state index in [4.69, 9.17) is 5.26 Å². The maximum absolute atomic E-state index is 8.99. The van der Waals surface area contributed by atoms with Crippen LogP contribution in [0.2, 0.25) is 0 Å². The lowest BCUT2D eigenvalue weighted by atomic mass is 9.90. The Morgan fingerprint density at radius 3 is 2.83 bits per heavy atom. The number of nitrogens with zero attached hydrogens (tertiary/aromatic N) is 2. The Hall–Kier alpha value is -1.27. The normalized spacial score (nSPS) is 11.7. The van der Waals surface area contributed by atoms with Crippen molar-refractivity contribution in [1.29, 1.82) is 5.26 Å². The highest BCUT2D eigenvalue weighted by atomic mass is 79.9. The minimum atomic E-state index is -0.216. The molecule has 1 heterocycles. The molecule has 0 aliphatic carbocycles. The van der Waals surface area contributed by atoms with Crippen LogP contribution in [0.4, 0.5) is 0 Å². The zero-order chi connectivity index (χ0) is 13.2. The van der Waals surface area contributed by atoms with Crippen LogP contribution >= 0.6 is 15.9 Å². The number of hydrogen-bond donors (Lipinski definition) is 0. The Balaban J connectivity index is 2.07. The first-order valence-electron chi connectivity index (χ1n) is 6.17. The highest BCUT2D eigenvalue weighted by Crippen LogP contribution is 2.24. The third kappa shape index (κ3) is 2.94. The summed E-state index contributed by atoms with van der Waals surface area (Å²) in [6, 6.07) is 10.8. The van der Waals surface area contributed by atoms with Crippen LogP contribution in [0.25, 0.3) is 10.9 Å². The third-order valence-corrected chi connectivity index (χ3v) is 3.73. The van der Waals surface area contributed by atoms with Gasteiger partial charge in [0.15, 0.2) is 0 Å². The Morgan fingerprint density at radius 2 is 2.11 bits per heavy atom. The van der Waals surface area contributed by atoms with Gasteiger partial charge in [0, 0.05) is 28.1 Å². The largest absolute Gasteiger partial charge is 0.347 e. The average Bonchev–Trinajstić information content (AvgIpc) is 2.71. The second-order valence-corrected chi connectivity index (χ2v) is 6.23. The predicted octanol–water partition coefficient (Wildman–Crippen LogP) is 4.73. The van der Waals surface area contributed by atoms with Crippen molar-refractivity contribution in [2.24, 2.45) is 5.41 Å². The molecule has 0 fully saturated rings. The van der Waals surface area contributed by atoms with Gasteiger partial charge in [-0.2, -0.15) is 5.26 Å². The molecule has 0 N–H and O–H groups in total. The molecular formula is C15H17BrN2. The Bertz CT molecular complexity index is 590. The fourth-order valence-corrected chi connectivity index (χ4v) is 2.49. The molecule has 1 aromatic carbocycles. The van der Waals surface area contributed by atoms with Gasteiger partial charge >= 0.3 is 0 Å². The number of benzene rings is 1. The minimum Gasteiger partial charge on any atom is -0.347 e. The quantitative estimate of drug-likeness (QED) is 0.802. The lowest BCUT2D eigenvalue weighted by molar-refractivity contribution is 0.418. The van der Waals surface area contributed by atoms with E-state index in [9.17, 15) is 0 Å². The number of hydrogen-bond acceptors (Lipinski definition) is 1. The summed E-state index contributed by atoms with van der Waals surface area (Å²) in [5.41, 5.74) is 1.04. The number of nitriles is 1. The molecule has 0 spiro atoms. The van der Waals surface area contributed by atoms with Gasteiger partial charge < -0.3 is 4.57 Å². The molecule has 1 aromatic heterocycles. The first kappa shape index (κ1) is 13.2. The van der Waals surface area contributed by atoms with Gasteiger partial charge in [0.25, 0.3) is 0 Å². The van der Waals surface area contributed by atoms with Crippen LogP contribution < -0.4 is 0 Å². The van der Waals surface area contributed by atoms with Gasteiger partial charge in [0.2, 0.25) is 0 Å². The number of halogens is 1. The lowest BCUT2D eigenvalue weighted by Crippen LogP contribution is -2.09. The highest BCUT2D eigenvalue weighted by molar-refractivity contribution is 9.10. The molecule has 0 unspecified atom stereocenters. The number of fused-ring (bicyclic) bond motifs is 1. The van der Waals surface area contributed by atoms with E-state index in [-0.39, 0.29) is 5.41 Å². The highest BCUT2D eigenvalue weighted by Gasteiger charge is 2.15. The Kier molecular flexibility index (Phi) is 3.77. The van der Waals surface area contributed by atoms with Crippen molar-refractivity contribution in [3.63, 3.8) is 0 Å². The van der Waals surface area contributed by atoms with Crippen LogP contribution in [0.15, 0.2) is 34.9 Å². The summed E-state index contributed by atoms with van der Waals surface area (Å²) in [5, 5.41) is 10.2. The van der Waals surface area contributed by atoms with Gasteiger partial charge in [0.05, 0.1) is 11.5 Å².